The molecule has 0 aromatic heterocycles. The van der Waals surface area contributed by atoms with E-state index in [-0.39, 0.29) is 0 Å². The van der Waals surface area contributed by atoms with Crippen molar-refractivity contribution in [3.05, 3.63) is 47.1 Å². The van der Waals surface area contributed by atoms with Crippen LogP contribution >= 0.6 is 0 Å². The third-order valence-corrected chi connectivity index (χ3v) is 8.16. The lowest BCUT2D eigenvalue weighted by Gasteiger charge is -2.50. The van der Waals surface area contributed by atoms with Crippen molar-refractivity contribution in [1.82, 2.24) is 0 Å². The fourth-order valence-electron chi connectivity index (χ4n) is 6.32. The quantitative estimate of drug-likeness (QED) is 0.634. The summed E-state index contributed by atoms with van der Waals surface area (Å²) in [5.74, 6) is 0.652. The van der Waals surface area contributed by atoms with Crippen LogP contribution in [0.5, 0.6) is 0 Å². The van der Waals surface area contributed by atoms with Crippen LogP contribution in [-0.2, 0) is 0 Å². The van der Waals surface area contributed by atoms with Gasteiger partial charge in [0.15, 0.2) is 0 Å². The summed E-state index contributed by atoms with van der Waals surface area (Å²) in [6, 6.07) is 0. The van der Waals surface area contributed by atoms with Gasteiger partial charge in [0.2, 0.25) is 0 Å². The Bertz CT molecular complexity index is 706. The van der Waals surface area contributed by atoms with Crippen molar-refractivity contribution in [2.24, 2.45) is 16.7 Å². The van der Waals surface area contributed by atoms with Crippen molar-refractivity contribution in [3.63, 3.8) is 0 Å². The molecule has 27 heavy (non-hydrogen) atoms. The Hall–Kier alpha value is -1.12. The molecule has 0 amide bonds. The van der Waals surface area contributed by atoms with E-state index in [0.717, 1.165) is 11.1 Å². The Morgan fingerprint density at radius 3 is 2.70 bits per heavy atom. The van der Waals surface area contributed by atoms with E-state index in [2.05, 4.69) is 38.7 Å². The molecule has 0 spiro atoms. The topological polar surface area (TPSA) is 40.5 Å². The van der Waals surface area contributed by atoms with Crippen LogP contribution in [0.3, 0.4) is 0 Å². The molecule has 4 rings (SSSR count). The minimum Gasteiger partial charge on any atom is -0.393 e. The molecule has 0 bridgehead atoms. The van der Waals surface area contributed by atoms with Crippen molar-refractivity contribution in [2.45, 2.75) is 90.3 Å². The zero-order chi connectivity index (χ0) is 19.2. The van der Waals surface area contributed by atoms with Gasteiger partial charge >= 0.3 is 0 Å². The van der Waals surface area contributed by atoms with E-state index in [4.69, 9.17) is 0 Å². The van der Waals surface area contributed by atoms with E-state index in [9.17, 15) is 10.2 Å². The molecule has 0 heterocycles. The van der Waals surface area contributed by atoms with Crippen LogP contribution in [0.2, 0.25) is 0 Å². The Labute approximate surface area is 164 Å². The zero-order valence-corrected chi connectivity index (χ0v) is 17.1. The third kappa shape index (κ3) is 3.29. The average molecular weight is 369 g/mol. The third-order valence-electron chi connectivity index (χ3n) is 8.16. The molecule has 4 atom stereocenters. The molecule has 2 N–H and O–H groups in total. The predicted octanol–water partition coefficient (Wildman–Crippen LogP) is 5.63. The van der Waals surface area contributed by atoms with Gasteiger partial charge < -0.3 is 10.2 Å². The Kier molecular flexibility index (Phi) is 5.01. The first-order valence-electron chi connectivity index (χ1n) is 11.1. The van der Waals surface area contributed by atoms with E-state index in [1.54, 1.807) is 11.1 Å². The molecule has 3 fully saturated rings. The first-order valence-corrected chi connectivity index (χ1v) is 11.1. The van der Waals surface area contributed by atoms with Gasteiger partial charge in [-0.2, -0.15) is 0 Å². The Morgan fingerprint density at radius 2 is 2.00 bits per heavy atom. The number of aliphatic hydroxyl groups excluding tert-OH is 2. The van der Waals surface area contributed by atoms with Gasteiger partial charge in [-0.25, -0.2) is 0 Å². The van der Waals surface area contributed by atoms with E-state index in [1.807, 2.05) is 0 Å². The molecule has 0 aromatic carbocycles. The van der Waals surface area contributed by atoms with E-state index >= 15 is 0 Å². The average Bonchev–Trinajstić information content (AvgIpc) is 3.43. The van der Waals surface area contributed by atoms with Gasteiger partial charge in [-0.1, -0.05) is 49.8 Å². The number of hydrogen-bond acceptors (Lipinski definition) is 2. The highest BCUT2D eigenvalue weighted by atomic mass is 16.3. The minimum absolute atomic E-state index is 0.329. The summed E-state index contributed by atoms with van der Waals surface area (Å²) in [6.45, 7) is 8.97. The number of fused-ring (bicyclic) bond motifs is 1. The van der Waals surface area contributed by atoms with Crippen LogP contribution in [-0.4, -0.2) is 22.4 Å². The summed E-state index contributed by atoms with van der Waals surface area (Å²) in [4.78, 5) is 0. The monoisotopic (exact) mass is 368 g/mol. The van der Waals surface area contributed by atoms with Gasteiger partial charge in [0.1, 0.15) is 0 Å². The Morgan fingerprint density at radius 1 is 1.22 bits per heavy atom. The second-order valence-electron chi connectivity index (χ2n) is 9.72. The summed E-state index contributed by atoms with van der Waals surface area (Å²) < 4.78 is 0. The summed E-state index contributed by atoms with van der Waals surface area (Å²) in [6.07, 6.45) is 17.4. The molecular formula is C25H36O2. The number of rotatable bonds is 3. The second-order valence-corrected chi connectivity index (χ2v) is 9.72. The first-order chi connectivity index (χ1) is 12.9. The molecule has 0 aromatic rings. The highest BCUT2D eigenvalue weighted by molar-refractivity contribution is 5.40. The molecule has 0 radical (unpaired) electrons. The van der Waals surface area contributed by atoms with E-state index in [1.165, 1.54) is 51.4 Å². The van der Waals surface area contributed by atoms with Crippen molar-refractivity contribution in [3.8, 4) is 0 Å². The Balaban J connectivity index is 1.62. The predicted molar refractivity (Wildman–Crippen MR) is 111 cm³/mol. The number of hydrogen-bond donors (Lipinski definition) is 2. The summed E-state index contributed by atoms with van der Waals surface area (Å²) in [7, 11) is 0. The summed E-state index contributed by atoms with van der Waals surface area (Å²) in [5.41, 5.74) is 6.02. The largest absolute Gasteiger partial charge is 0.393 e. The highest BCUT2D eigenvalue weighted by Gasteiger charge is 2.54. The van der Waals surface area contributed by atoms with Gasteiger partial charge in [0.05, 0.1) is 12.2 Å². The molecule has 4 aliphatic carbocycles. The molecule has 2 heteroatoms. The van der Waals surface area contributed by atoms with Gasteiger partial charge in [0, 0.05) is 6.42 Å². The summed E-state index contributed by atoms with van der Waals surface area (Å²) >= 11 is 0. The first kappa shape index (κ1) is 19.2. The van der Waals surface area contributed by atoms with Crippen LogP contribution in [0, 0.1) is 16.7 Å². The van der Waals surface area contributed by atoms with Crippen LogP contribution in [0.1, 0.15) is 78.1 Å². The van der Waals surface area contributed by atoms with E-state index < -0.39 is 12.2 Å². The van der Waals surface area contributed by atoms with Crippen LogP contribution < -0.4 is 0 Å². The molecule has 3 saturated carbocycles. The number of aliphatic hydroxyl groups is 2. The van der Waals surface area contributed by atoms with Gasteiger partial charge in [0.25, 0.3) is 0 Å². The molecule has 4 aliphatic rings. The smallest absolute Gasteiger partial charge is 0.0811 e. The lowest BCUT2D eigenvalue weighted by Crippen LogP contribution is -2.39. The normalized spacial score (nSPS) is 41.4. The van der Waals surface area contributed by atoms with Crippen LogP contribution in [0.25, 0.3) is 0 Å². The van der Waals surface area contributed by atoms with Gasteiger partial charge in [-0.05, 0) is 85.7 Å². The van der Waals surface area contributed by atoms with Crippen molar-refractivity contribution >= 4 is 0 Å². The van der Waals surface area contributed by atoms with E-state index in [0.29, 0.717) is 29.6 Å². The molecule has 0 saturated heterocycles. The SMILES string of the molecule is C=C1/C(=C\C=C2/CCCC3(C)C(C4(CC)CC4)=CCC[C@@H]23)C[C@@H](O)CC1O. The lowest BCUT2D eigenvalue weighted by molar-refractivity contribution is 0.0862. The van der Waals surface area contributed by atoms with Crippen molar-refractivity contribution < 1.29 is 10.2 Å². The molecule has 2 nitrogen and oxygen atoms in total. The second kappa shape index (κ2) is 7.04. The molecule has 0 aliphatic heterocycles. The van der Waals surface area contributed by atoms with Crippen molar-refractivity contribution in [2.75, 3.05) is 0 Å². The highest BCUT2D eigenvalue weighted by Crippen LogP contribution is 2.66. The maximum atomic E-state index is 10.1. The molecular weight excluding hydrogens is 332 g/mol. The maximum Gasteiger partial charge on any atom is 0.0811 e. The van der Waals surface area contributed by atoms with Crippen molar-refractivity contribution in [1.29, 1.82) is 0 Å². The summed E-state index contributed by atoms with van der Waals surface area (Å²) in [5, 5.41) is 20.1. The number of allylic oxidation sites excluding steroid dienone is 5. The van der Waals surface area contributed by atoms with Gasteiger partial charge in [-0.15, -0.1) is 0 Å². The zero-order valence-electron chi connectivity index (χ0n) is 17.1. The fraction of sp³-hybridized carbons (Fsp3) is 0.680. The minimum atomic E-state index is -0.599. The molecule has 2 unspecified atom stereocenters. The van der Waals surface area contributed by atoms with Crippen LogP contribution in [0.4, 0.5) is 0 Å². The van der Waals surface area contributed by atoms with Crippen LogP contribution in [0.15, 0.2) is 47.1 Å². The standard InChI is InChI=1S/C25H36O2/c1-4-25(13-14-25)23-9-5-8-21-18(7-6-12-24(21,23)3)10-11-19-15-20(26)16-22(27)17(19)2/h9-11,20-22,26-27H,2,4-8,12-16H2,1,3H3/b18-10+,19-11-/t20-,21+,22?,24?/m1/s1. The van der Waals surface area contributed by atoms with Gasteiger partial charge in [-0.3, -0.25) is 0 Å². The lowest BCUT2D eigenvalue weighted by atomic mass is 9.55. The molecule has 148 valence electrons. The maximum absolute atomic E-state index is 10.1. The fourth-order valence-corrected chi connectivity index (χ4v) is 6.32.